The third-order valence-corrected chi connectivity index (χ3v) is 7.37. The van der Waals surface area contributed by atoms with Crippen molar-refractivity contribution in [3.05, 3.63) is 77.4 Å². The lowest BCUT2D eigenvalue weighted by Gasteiger charge is -2.29. The largest absolute Gasteiger partial charge is 0.506 e. The van der Waals surface area contributed by atoms with Gasteiger partial charge in [-0.25, -0.2) is 4.39 Å². The van der Waals surface area contributed by atoms with Crippen LogP contribution in [0.5, 0.6) is 5.75 Å². The van der Waals surface area contributed by atoms with Gasteiger partial charge in [0, 0.05) is 29.9 Å². The molecule has 0 unspecified atom stereocenters. The highest BCUT2D eigenvalue weighted by Gasteiger charge is 2.28. The Morgan fingerprint density at radius 1 is 1.08 bits per heavy atom. The van der Waals surface area contributed by atoms with Crippen LogP contribution in [0.3, 0.4) is 0 Å². The number of Topliss-reactive ketones (excluding diaryl/α,β-unsaturated/α-hetero) is 1. The number of benzene rings is 3. The van der Waals surface area contributed by atoms with Gasteiger partial charge in [-0.05, 0) is 72.9 Å². The molecule has 0 aliphatic carbocycles. The van der Waals surface area contributed by atoms with E-state index in [-0.39, 0.29) is 36.5 Å². The number of phenols is 1. The third-order valence-electron chi connectivity index (χ3n) is 6.83. The lowest BCUT2D eigenvalue weighted by atomic mass is 9.93. The zero-order chi connectivity index (χ0) is 27.5. The highest BCUT2D eigenvalue weighted by molar-refractivity contribution is 7.96. The van der Waals surface area contributed by atoms with Crippen molar-refractivity contribution in [1.29, 1.82) is 0 Å². The number of anilines is 2. The molecule has 1 fully saturated rings. The molecule has 39 heavy (non-hydrogen) atoms. The summed E-state index contributed by atoms with van der Waals surface area (Å²) in [6.07, 6.45) is 0.0773. The number of fused-ring (bicyclic) bond motifs is 1. The number of aromatic hydroxyl groups is 1. The predicted octanol–water partition coefficient (Wildman–Crippen LogP) is 5.03. The minimum atomic E-state index is -0.952. The third kappa shape index (κ3) is 5.91. The number of carbonyl (C=O) groups is 3. The summed E-state index contributed by atoms with van der Waals surface area (Å²) in [5.41, 5.74) is 4.93. The van der Waals surface area contributed by atoms with E-state index < -0.39 is 6.17 Å². The van der Waals surface area contributed by atoms with Gasteiger partial charge in [0.25, 0.3) is 11.8 Å². The Morgan fingerprint density at radius 3 is 2.56 bits per heavy atom. The van der Waals surface area contributed by atoms with Gasteiger partial charge in [-0.15, -0.1) is 0 Å². The highest BCUT2D eigenvalue weighted by atomic mass is 32.2. The first-order chi connectivity index (χ1) is 18.8. The first-order valence-corrected chi connectivity index (χ1v) is 13.4. The molecular weight excluding hydrogens is 521 g/mol. The Kier molecular flexibility index (Phi) is 7.85. The van der Waals surface area contributed by atoms with Crippen molar-refractivity contribution in [2.75, 3.05) is 35.9 Å². The van der Waals surface area contributed by atoms with Crippen molar-refractivity contribution in [3.8, 4) is 16.9 Å². The van der Waals surface area contributed by atoms with Gasteiger partial charge in [0.15, 0.2) is 5.78 Å². The summed E-state index contributed by atoms with van der Waals surface area (Å²) in [6, 6.07) is 17.8. The maximum absolute atomic E-state index is 13.5. The lowest BCUT2D eigenvalue weighted by Crippen LogP contribution is -2.37. The number of amides is 2. The summed E-state index contributed by atoms with van der Waals surface area (Å²) >= 11 is 0.831. The Morgan fingerprint density at radius 2 is 1.85 bits per heavy atom. The molecule has 0 radical (unpaired) electrons. The molecule has 2 amide bonds. The lowest BCUT2D eigenvalue weighted by molar-refractivity contribution is -0.118. The monoisotopic (exact) mass is 549 g/mol. The standard InChI is InChI=1S/C29H28FN3O5S/c1-18(34)17-38-39-31-26-15-24(7-9-27(26)35)33-13-10-22-14-21(6-8-25(22)29(33)37)19-2-4-20(5-3-19)28(36)32-12-11-23(30)16-32/h2-9,14-15,23,31,35H,10-13,16-17H2,1H3/t23-/m1/s1. The van der Waals surface area contributed by atoms with Gasteiger partial charge in [0.2, 0.25) is 0 Å². The number of ketones is 1. The molecule has 3 aromatic rings. The van der Waals surface area contributed by atoms with E-state index in [0.717, 1.165) is 28.9 Å². The van der Waals surface area contributed by atoms with Crippen LogP contribution in [-0.4, -0.2) is 60.0 Å². The van der Waals surface area contributed by atoms with E-state index in [9.17, 15) is 23.9 Å². The fraction of sp³-hybridized carbons (Fsp3) is 0.276. The van der Waals surface area contributed by atoms with Crippen LogP contribution in [-0.2, 0) is 15.4 Å². The Bertz CT molecular complexity index is 1410. The van der Waals surface area contributed by atoms with Crippen LogP contribution in [0.2, 0.25) is 0 Å². The maximum atomic E-state index is 13.5. The van der Waals surface area contributed by atoms with Crippen LogP contribution in [0, 0.1) is 0 Å². The number of nitrogens with zero attached hydrogens (tertiary/aromatic N) is 2. The van der Waals surface area contributed by atoms with Gasteiger partial charge in [-0.3, -0.25) is 18.6 Å². The van der Waals surface area contributed by atoms with Crippen LogP contribution < -0.4 is 9.62 Å². The van der Waals surface area contributed by atoms with Crippen LogP contribution in [0.1, 0.15) is 39.6 Å². The summed E-state index contributed by atoms with van der Waals surface area (Å²) in [6.45, 7) is 2.40. The number of rotatable bonds is 8. The first kappa shape index (κ1) is 26.7. The normalized spacial score (nSPS) is 16.8. The molecular formula is C29H28FN3O5S. The molecule has 202 valence electrons. The van der Waals surface area contributed by atoms with Crippen molar-refractivity contribution in [1.82, 2.24) is 4.90 Å². The molecule has 0 spiro atoms. The van der Waals surface area contributed by atoms with E-state index >= 15 is 0 Å². The SMILES string of the molecule is CC(=O)COSNc1cc(N2CCc3cc(-c4ccc(C(=O)N5CC[C@@H](F)C5)cc4)ccc3C2=O)ccc1O. The van der Waals surface area contributed by atoms with Crippen LogP contribution in [0.15, 0.2) is 60.7 Å². The van der Waals surface area contributed by atoms with Gasteiger partial charge in [-0.2, -0.15) is 0 Å². The number of halogens is 1. The van der Waals surface area contributed by atoms with Crippen LogP contribution in [0.25, 0.3) is 11.1 Å². The average molecular weight is 550 g/mol. The van der Waals surface area contributed by atoms with Crippen LogP contribution >= 0.6 is 12.2 Å². The van der Waals surface area contributed by atoms with Gasteiger partial charge in [0.1, 0.15) is 30.8 Å². The number of likely N-dealkylation sites (tertiary alicyclic amines) is 1. The molecule has 10 heteroatoms. The molecule has 2 heterocycles. The first-order valence-electron chi connectivity index (χ1n) is 12.7. The molecule has 1 saturated heterocycles. The molecule has 8 nitrogen and oxygen atoms in total. The van der Waals surface area contributed by atoms with Crippen molar-refractivity contribution >= 4 is 41.2 Å². The van der Waals surface area contributed by atoms with E-state index in [4.69, 9.17) is 4.18 Å². The second-order valence-electron chi connectivity index (χ2n) is 9.64. The van der Waals surface area contributed by atoms with E-state index in [1.165, 1.54) is 13.0 Å². The predicted molar refractivity (Wildman–Crippen MR) is 149 cm³/mol. The number of hydrogen-bond acceptors (Lipinski definition) is 7. The quantitative estimate of drug-likeness (QED) is 0.176. The maximum Gasteiger partial charge on any atom is 0.258 e. The zero-order valence-corrected chi connectivity index (χ0v) is 22.2. The van der Waals surface area contributed by atoms with Gasteiger partial charge < -0.3 is 19.6 Å². The van der Waals surface area contributed by atoms with Crippen molar-refractivity contribution in [3.63, 3.8) is 0 Å². The van der Waals surface area contributed by atoms with Crippen molar-refractivity contribution < 1.29 is 28.1 Å². The minimum Gasteiger partial charge on any atom is -0.506 e. The Balaban J connectivity index is 1.28. The van der Waals surface area contributed by atoms with Gasteiger partial charge in [0.05, 0.1) is 12.2 Å². The molecule has 2 N–H and O–H groups in total. The summed E-state index contributed by atoms with van der Waals surface area (Å²) in [5, 5.41) is 10.2. The zero-order valence-electron chi connectivity index (χ0n) is 21.4. The van der Waals surface area contributed by atoms with Crippen LogP contribution in [0.4, 0.5) is 15.8 Å². The molecule has 2 aliphatic rings. The molecule has 1 atom stereocenters. The Labute approximate surface area is 230 Å². The fourth-order valence-electron chi connectivity index (χ4n) is 4.76. The number of carbonyl (C=O) groups excluding carboxylic acids is 3. The smallest absolute Gasteiger partial charge is 0.258 e. The van der Waals surface area contributed by atoms with Gasteiger partial charge >= 0.3 is 0 Å². The van der Waals surface area contributed by atoms with Crippen molar-refractivity contribution in [2.45, 2.75) is 25.9 Å². The molecule has 0 saturated carbocycles. The summed E-state index contributed by atoms with van der Waals surface area (Å²) in [5.74, 6) is -0.428. The summed E-state index contributed by atoms with van der Waals surface area (Å²) in [7, 11) is 0. The number of alkyl halides is 1. The molecule has 2 aliphatic heterocycles. The topological polar surface area (TPSA) is 99.2 Å². The average Bonchev–Trinajstić information content (AvgIpc) is 3.38. The minimum absolute atomic E-state index is 0.00747. The number of nitrogens with one attached hydrogen (secondary N) is 1. The van der Waals surface area contributed by atoms with E-state index in [0.29, 0.717) is 48.4 Å². The second kappa shape index (κ2) is 11.5. The van der Waals surface area contributed by atoms with E-state index in [2.05, 4.69) is 4.72 Å². The molecule has 0 bridgehead atoms. The summed E-state index contributed by atoms with van der Waals surface area (Å²) < 4.78 is 21.5. The second-order valence-corrected chi connectivity index (χ2v) is 10.3. The number of hydrogen-bond donors (Lipinski definition) is 2. The van der Waals surface area contributed by atoms with Gasteiger partial charge in [-0.1, -0.05) is 24.3 Å². The molecule has 0 aromatic heterocycles. The van der Waals surface area contributed by atoms with E-state index in [1.54, 1.807) is 34.1 Å². The van der Waals surface area contributed by atoms with Crippen molar-refractivity contribution in [2.24, 2.45) is 0 Å². The number of phenolic OH excluding ortho intramolecular Hbond substituents is 1. The van der Waals surface area contributed by atoms with E-state index in [1.807, 2.05) is 30.3 Å². The fourth-order valence-corrected chi connectivity index (χ4v) is 5.30. The summed E-state index contributed by atoms with van der Waals surface area (Å²) in [4.78, 5) is 40.2. The molecule has 5 rings (SSSR count). The molecule has 3 aromatic carbocycles. The Hall–Kier alpha value is -3.89. The highest BCUT2D eigenvalue weighted by Crippen LogP contribution is 2.34.